The number of phenols is 1. The molecule has 0 fully saturated rings. The van der Waals surface area contributed by atoms with Crippen molar-refractivity contribution in [2.75, 3.05) is 4.90 Å². The number of anilines is 1. The van der Waals surface area contributed by atoms with E-state index in [9.17, 15) is 5.11 Å². The standard InChI is InChI=1S/C15H13NOS2/c1-11-4-2-3-5-14(11)15(19)16(10-18)12-6-8-13(17)9-7-12/h2-10,17H,1H3. The number of rotatable bonds is 3. The minimum absolute atomic E-state index is 0.217. The maximum atomic E-state index is 9.32. The Morgan fingerprint density at radius 3 is 2.32 bits per heavy atom. The summed E-state index contributed by atoms with van der Waals surface area (Å²) in [5.41, 5.74) is 4.43. The number of phenolic OH excluding ortho intramolecular Hbond substituents is 1. The number of nitrogens with zero attached hydrogens (tertiary/aromatic N) is 1. The van der Waals surface area contributed by atoms with Crippen LogP contribution in [0.3, 0.4) is 0 Å². The van der Waals surface area contributed by atoms with Gasteiger partial charge in [0.1, 0.15) is 10.7 Å². The Bertz CT molecular complexity index is 608. The van der Waals surface area contributed by atoms with E-state index in [2.05, 4.69) is 0 Å². The van der Waals surface area contributed by atoms with Crippen molar-refractivity contribution in [1.82, 2.24) is 0 Å². The molecule has 0 aliphatic heterocycles. The van der Waals surface area contributed by atoms with Crippen molar-refractivity contribution < 1.29 is 5.11 Å². The van der Waals surface area contributed by atoms with E-state index < -0.39 is 0 Å². The van der Waals surface area contributed by atoms with Gasteiger partial charge >= 0.3 is 0 Å². The lowest BCUT2D eigenvalue weighted by molar-refractivity contribution is 0.475. The van der Waals surface area contributed by atoms with Gasteiger partial charge in [0.05, 0.1) is 5.49 Å². The Balaban J connectivity index is 2.38. The normalized spacial score (nSPS) is 9.95. The fraction of sp³-hybridized carbons (Fsp3) is 0.0667. The first-order valence-electron chi connectivity index (χ1n) is 5.77. The molecule has 0 spiro atoms. The van der Waals surface area contributed by atoms with Crippen molar-refractivity contribution in [2.24, 2.45) is 0 Å². The van der Waals surface area contributed by atoms with Gasteiger partial charge in [-0.25, -0.2) is 0 Å². The highest BCUT2D eigenvalue weighted by atomic mass is 32.1. The summed E-state index contributed by atoms with van der Waals surface area (Å²) in [6.45, 7) is 2.01. The van der Waals surface area contributed by atoms with E-state index >= 15 is 0 Å². The summed E-state index contributed by atoms with van der Waals surface area (Å²) in [5, 5.41) is 9.32. The Morgan fingerprint density at radius 2 is 1.74 bits per heavy atom. The molecule has 0 unspecified atom stereocenters. The fourth-order valence-corrected chi connectivity index (χ4v) is 2.46. The molecule has 0 saturated heterocycles. The molecular weight excluding hydrogens is 274 g/mol. The molecule has 0 amide bonds. The van der Waals surface area contributed by atoms with Crippen LogP contribution in [0.25, 0.3) is 0 Å². The molecule has 1 N–H and O–H groups in total. The fourth-order valence-electron chi connectivity index (χ4n) is 1.78. The summed E-state index contributed by atoms with van der Waals surface area (Å²) in [4.78, 5) is 2.41. The van der Waals surface area contributed by atoms with Gasteiger partial charge in [0.2, 0.25) is 0 Å². The van der Waals surface area contributed by atoms with E-state index in [0.717, 1.165) is 16.8 Å². The molecule has 0 bridgehead atoms. The molecule has 0 atom stereocenters. The number of benzene rings is 2. The molecule has 2 aromatic rings. The van der Waals surface area contributed by atoms with Crippen LogP contribution in [-0.4, -0.2) is 15.6 Å². The monoisotopic (exact) mass is 287 g/mol. The van der Waals surface area contributed by atoms with Crippen LogP contribution in [0.1, 0.15) is 11.1 Å². The van der Waals surface area contributed by atoms with Crippen LogP contribution in [-0.2, 0) is 0 Å². The molecule has 0 aromatic heterocycles. The highest BCUT2D eigenvalue weighted by Gasteiger charge is 2.13. The molecule has 2 rings (SSSR count). The van der Waals surface area contributed by atoms with Crippen LogP contribution >= 0.6 is 24.4 Å². The minimum atomic E-state index is 0.217. The zero-order valence-corrected chi connectivity index (χ0v) is 12.0. The van der Waals surface area contributed by atoms with Crippen LogP contribution in [0, 0.1) is 6.92 Å². The molecule has 2 aromatic carbocycles. The van der Waals surface area contributed by atoms with Crippen molar-refractivity contribution in [3.63, 3.8) is 0 Å². The highest BCUT2D eigenvalue weighted by molar-refractivity contribution is 7.82. The first-order chi connectivity index (χ1) is 9.13. The van der Waals surface area contributed by atoms with Crippen molar-refractivity contribution in [1.29, 1.82) is 0 Å². The topological polar surface area (TPSA) is 23.5 Å². The van der Waals surface area contributed by atoms with Gasteiger partial charge in [-0.2, -0.15) is 0 Å². The van der Waals surface area contributed by atoms with E-state index in [1.807, 2.05) is 31.2 Å². The Labute approximate surface area is 123 Å². The summed E-state index contributed by atoms with van der Waals surface area (Å²) in [5.74, 6) is 0.217. The summed E-state index contributed by atoms with van der Waals surface area (Å²) >= 11 is 10.6. The maximum absolute atomic E-state index is 9.32. The first-order valence-corrected chi connectivity index (χ1v) is 6.65. The predicted octanol–water partition coefficient (Wildman–Crippen LogP) is 3.84. The lowest BCUT2D eigenvalue weighted by Gasteiger charge is -2.21. The smallest absolute Gasteiger partial charge is 0.118 e. The first kappa shape index (κ1) is 13.6. The van der Waals surface area contributed by atoms with E-state index in [1.165, 1.54) is 5.49 Å². The summed E-state index contributed by atoms with van der Waals surface area (Å²) in [6, 6.07) is 14.7. The zero-order chi connectivity index (χ0) is 13.8. The largest absolute Gasteiger partial charge is 0.508 e. The van der Waals surface area contributed by atoms with Gasteiger partial charge in [0, 0.05) is 11.3 Å². The Hall–Kier alpha value is -1.78. The second kappa shape index (κ2) is 5.91. The van der Waals surface area contributed by atoms with Crippen LogP contribution in [0.15, 0.2) is 48.5 Å². The molecule has 0 heterocycles. The van der Waals surface area contributed by atoms with Gasteiger partial charge in [-0.1, -0.05) is 48.7 Å². The number of hydrogen-bond donors (Lipinski definition) is 1. The van der Waals surface area contributed by atoms with Gasteiger partial charge in [0.25, 0.3) is 0 Å². The van der Waals surface area contributed by atoms with Crippen LogP contribution in [0.2, 0.25) is 0 Å². The molecule has 0 aliphatic rings. The average molecular weight is 287 g/mol. The Kier molecular flexibility index (Phi) is 4.24. The lowest BCUT2D eigenvalue weighted by atomic mass is 10.1. The molecule has 19 heavy (non-hydrogen) atoms. The van der Waals surface area contributed by atoms with Crippen molar-refractivity contribution >= 4 is 40.6 Å². The number of aryl methyl sites for hydroxylation is 1. The summed E-state index contributed by atoms with van der Waals surface area (Å²) < 4.78 is 0. The van der Waals surface area contributed by atoms with Crippen LogP contribution < -0.4 is 4.90 Å². The van der Waals surface area contributed by atoms with Crippen molar-refractivity contribution in [2.45, 2.75) is 6.92 Å². The van der Waals surface area contributed by atoms with Crippen molar-refractivity contribution in [3.05, 3.63) is 59.7 Å². The zero-order valence-electron chi connectivity index (χ0n) is 10.4. The third-order valence-corrected chi connectivity index (χ3v) is 3.45. The van der Waals surface area contributed by atoms with Crippen LogP contribution in [0.5, 0.6) is 5.75 Å². The molecule has 0 saturated carbocycles. The van der Waals surface area contributed by atoms with E-state index in [-0.39, 0.29) is 5.75 Å². The molecule has 96 valence electrons. The van der Waals surface area contributed by atoms with Gasteiger partial charge in [0.15, 0.2) is 0 Å². The van der Waals surface area contributed by atoms with Gasteiger partial charge < -0.3 is 5.11 Å². The van der Waals surface area contributed by atoms with E-state index in [1.54, 1.807) is 29.2 Å². The lowest BCUT2D eigenvalue weighted by Crippen LogP contribution is -2.28. The van der Waals surface area contributed by atoms with Gasteiger partial charge in [-0.15, -0.1) is 0 Å². The summed E-state index contributed by atoms with van der Waals surface area (Å²) in [7, 11) is 0. The molecular formula is C15H13NOS2. The molecule has 2 nitrogen and oxygen atoms in total. The quantitative estimate of drug-likeness (QED) is 0.867. The van der Waals surface area contributed by atoms with Gasteiger partial charge in [-0.05, 0) is 36.8 Å². The molecule has 0 aliphatic carbocycles. The highest BCUT2D eigenvalue weighted by Crippen LogP contribution is 2.21. The SMILES string of the molecule is Cc1ccccc1C(=S)N(C=S)c1ccc(O)cc1. The second-order valence-corrected chi connectivity index (χ2v) is 4.71. The minimum Gasteiger partial charge on any atom is -0.508 e. The second-order valence-electron chi connectivity index (χ2n) is 4.11. The Morgan fingerprint density at radius 1 is 1.11 bits per heavy atom. The predicted molar refractivity (Wildman–Crippen MR) is 87.1 cm³/mol. The third-order valence-electron chi connectivity index (χ3n) is 2.83. The number of aromatic hydroxyl groups is 1. The third kappa shape index (κ3) is 2.97. The maximum Gasteiger partial charge on any atom is 0.118 e. The van der Waals surface area contributed by atoms with E-state index in [4.69, 9.17) is 24.4 Å². The van der Waals surface area contributed by atoms with Gasteiger partial charge in [-0.3, -0.25) is 4.90 Å². The molecule has 4 heteroatoms. The van der Waals surface area contributed by atoms with E-state index in [0.29, 0.717) is 4.99 Å². The number of thiocarbonyl (C=S) groups is 2. The average Bonchev–Trinajstić information content (AvgIpc) is 2.42. The summed E-state index contributed by atoms with van der Waals surface area (Å²) in [6.07, 6.45) is 0. The van der Waals surface area contributed by atoms with Crippen LogP contribution in [0.4, 0.5) is 5.69 Å². The molecule has 0 radical (unpaired) electrons. The van der Waals surface area contributed by atoms with Crippen molar-refractivity contribution in [3.8, 4) is 5.75 Å². The number of hydrogen-bond acceptors (Lipinski definition) is 3.